The summed E-state index contributed by atoms with van der Waals surface area (Å²) in [6.45, 7) is 15.4. The van der Waals surface area contributed by atoms with E-state index in [0.29, 0.717) is 45.3 Å². The summed E-state index contributed by atoms with van der Waals surface area (Å²) in [6.07, 6.45) is 6.19. The number of benzene rings is 4. The summed E-state index contributed by atoms with van der Waals surface area (Å²) in [5.74, 6) is 1.86. The molecule has 0 aromatic heterocycles. The van der Waals surface area contributed by atoms with Crippen LogP contribution in [0.4, 0.5) is 50.4 Å². The van der Waals surface area contributed by atoms with E-state index in [1.807, 2.05) is 55.4 Å². The van der Waals surface area contributed by atoms with Crippen LogP contribution < -0.4 is 39.4 Å². The molecule has 4 aromatic carbocycles. The summed E-state index contributed by atoms with van der Waals surface area (Å²) in [4.78, 5) is 18.4. The number of halogens is 12. The third kappa shape index (κ3) is 31.0. The molecule has 14 nitrogen and oxygen atoms in total. The average molecular weight is 1200 g/mol. The van der Waals surface area contributed by atoms with Crippen LogP contribution in [0.15, 0.2) is 92.8 Å². The van der Waals surface area contributed by atoms with Crippen molar-refractivity contribution in [3.63, 3.8) is 0 Å². The molecule has 4 rings (SSSR count). The minimum absolute atomic E-state index is 0. The van der Waals surface area contributed by atoms with Gasteiger partial charge in [0, 0.05) is 24.9 Å². The summed E-state index contributed by atoms with van der Waals surface area (Å²) in [6, 6.07) is 18.9. The Labute approximate surface area is 440 Å². The van der Waals surface area contributed by atoms with Gasteiger partial charge in [-0.1, -0.05) is 47.3 Å². The molecule has 0 radical (unpaired) electrons. The zero-order chi connectivity index (χ0) is 54.7. The number of hydrogen-bond donors (Lipinski definition) is 0. The Morgan fingerprint density at radius 3 is 0.608 bits per heavy atom. The topological polar surface area (TPSA) is 245 Å². The second-order valence-electron chi connectivity index (χ2n) is 16.8. The molecule has 74 heavy (non-hydrogen) atoms. The Bertz CT molecular complexity index is 2230. The van der Waals surface area contributed by atoms with Gasteiger partial charge in [-0.05, 0) is 126 Å². The van der Waals surface area contributed by atoms with Crippen molar-refractivity contribution in [1.82, 2.24) is 0 Å². The molecule has 0 saturated carbocycles. The van der Waals surface area contributed by atoms with E-state index in [1.165, 1.54) is 24.3 Å². The average Bonchev–Trinajstić information content (AvgIpc) is 3.20. The Morgan fingerprint density at radius 2 is 0.486 bits per heavy atom. The molecule has 0 aliphatic carbocycles. The third-order valence-corrected chi connectivity index (χ3v) is 9.97. The van der Waals surface area contributed by atoms with Crippen LogP contribution in [-0.2, 0) is 45.1 Å². The summed E-state index contributed by atoms with van der Waals surface area (Å²) < 4.78 is 139. The van der Waals surface area contributed by atoms with Gasteiger partial charge in [0.05, 0.1) is 50.6 Å². The van der Waals surface area contributed by atoms with Crippen molar-refractivity contribution in [1.29, 1.82) is 0 Å². The van der Waals surface area contributed by atoms with Gasteiger partial charge in [0.25, 0.3) is 0 Å². The first kappa shape index (κ1) is 75.5. The quantitative estimate of drug-likeness (QED) is 0.0385. The van der Waals surface area contributed by atoms with Gasteiger partial charge < -0.3 is 50.3 Å². The molecule has 6 N–H and O–H groups in total. The first-order valence-electron chi connectivity index (χ1n) is 19.8. The molecule has 420 valence electrons. The first-order valence-corrected chi connectivity index (χ1v) is 23.9. The molecule has 0 aliphatic rings. The monoisotopic (exact) mass is 1200 g/mol. The van der Waals surface area contributed by atoms with Crippen molar-refractivity contribution in [3.8, 4) is 46.0 Å². The Hall–Kier alpha value is -5.06. The minimum Gasteiger partial charge on any atom is -0.457 e. The minimum atomic E-state index is -10.7. The maximum absolute atomic E-state index is 12.0. The fourth-order valence-corrected chi connectivity index (χ4v) is 4.57. The normalized spacial score (nSPS) is 13.9. The second kappa shape index (κ2) is 25.7. The number of nitrogens with zero attached hydrogens (tertiary/aromatic N) is 4. The summed E-state index contributed by atoms with van der Waals surface area (Å²) in [5, 5.41) is 48.2. The van der Waals surface area contributed by atoms with Crippen molar-refractivity contribution in [2.45, 2.75) is 77.5 Å². The summed E-state index contributed by atoms with van der Waals surface area (Å²) in [7, 11) is -15.1. The molecular weight excluding hydrogens is 1140 g/mol. The summed E-state index contributed by atoms with van der Waals surface area (Å²) >= 11 is 0. The number of hydrogen-bond acceptors (Lipinski definition) is 12. The van der Waals surface area contributed by atoms with Crippen LogP contribution in [0.1, 0.15) is 77.6 Å². The van der Waals surface area contributed by atoms with E-state index in [0.717, 1.165) is 0 Å². The molecule has 0 aliphatic heterocycles. The molecule has 0 atom stereocenters. The Morgan fingerprint density at radius 1 is 0.351 bits per heavy atom. The van der Waals surface area contributed by atoms with Gasteiger partial charge in [-0.3, -0.25) is 20.0 Å². The zero-order valence-corrected chi connectivity index (χ0v) is 45.8. The summed E-state index contributed by atoms with van der Waals surface area (Å²) in [5.41, 5.74) is -0.767. The van der Waals surface area contributed by atoms with Crippen LogP contribution in [0.25, 0.3) is 0 Å². The van der Waals surface area contributed by atoms with E-state index < -0.39 is 37.8 Å². The van der Waals surface area contributed by atoms with Crippen LogP contribution in [-0.4, -0.2) is 75.5 Å². The van der Waals surface area contributed by atoms with Gasteiger partial charge in [-0.25, -0.2) is 0 Å². The molecule has 0 fully saturated rings. The van der Waals surface area contributed by atoms with Crippen molar-refractivity contribution < 1.29 is 135 Å². The number of rotatable bonds is 14. The zero-order valence-electron chi connectivity index (χ0n) is 41.6. The molecule has 0 amide bonds. The molecule has 0 saturated heterocycles. The smallest absolute Gasteiger partial charge is 0.457 e. The first-order chi connectivity index (χ1) is 31.1. The van der Waals surface area contributed by atoms with E-state index in [2.05, 4.69) is 20.0 Å². The Kier molecular flexibility index (Phi) is 26.2. The number of methoxy groups -OCH3 is 4. The van der Waals surface area contributed by atoms with E-state index in [4.69, 9.17) is 18.9 Å². The third-order valence-electron chi connectivity index (χ3n) is 9.97. The van der Waals surface area contributed by atoms with Crippen molar-refractivity contribution in [3.05, 3.63) is 95.1 Å². The standard InChI is InChI=1S/2C22H28N2O4.2F6P.2Mn.2H2O/c2*1-21(2,23-13-15-11-17(27-5)7-9-19(15)25)22(3,4)24-14-16-12-18(28-6)8-10-20(16)26;2*1-7(2,3,4,5)6;;;;/h2*7-14,25-26H,1-6H3;;;;;2*1H2/q;;2*-1;2*+3;;/p-2. The predicted molar refractivity (Wildman–Crippen MR) is 253 cm³/mol. The molecular formula is C44H58F12Mn2N4O10P2+2. The van der Waals surface area contributed by atoms with E-state index in [-0.39, 0.29) is 68.1 Å². The van der Waals surface area contributed by atoms with Gasteiger partial charge in [-0.2, -0.15) is 0 Å². The van der Waals surface area contributed by atoms with E-state index >= 15 is 0 Å². The largest absolute Gasteiger partial charge is 3.00 e. The number of ether oxygens (including phenoxy) is 4. The Balaban J connectivity index is -0.000000504. The van der Waals surface area contributed by atoms with Crippen LogP contribution in [0, 0.1) is 0 Å². The van der Waals surface area contributed by atoms with Crippen molar-refractivity contribution >= 4 is 40.5 Å². The van der Waals surface area contributed by atoms with Gasteiger partial charge in [0.15, 0.2) is 0 Å². The van der Waals surface area contributed by atoms with Crippen molar-refractivity contribution in [2.24, 2.45) is 20.0 Å². The molecule has 0 spiro atoms. The fraction of sp³-hybridized carbons (Fsp3) is 0.364. The molecule has 0 heterocycles. The SMILES string of the molecule is COc1ccc([O-])c(C=NC(C)(C)C(C)(C)N=Cc2cc(OC)ccc2[O-])c1.COc1ccc([O-])c(C=NC(C)(C)C(C)(C)N=Cc2cc(OC)ccc2[O-])c1.F[P-](F)(F)(F)(F)F.F[P-](F)(F)(F)(F)F.[Mn+3].[Mn+3].[OH3+].[OH3+]. The van der Waals surface area contributed by atoms with Gasteiger partial charge in [0.2, 0.25) is 0 Å². The van der Waals surface area contributed by atoms with Crippen LogP contribution in [0.3, 0.4) is 0 Å². The van der Waals surface area contributed by atoms with Gasteiger partial charge >= 0.3 is 100 Å². The molecule has 30 heteroatoms. The maximum Gasteiger partial charge on any atom is 3.00 e. The van der Waals surface area contributed by atoms with E-state index in [9.17, 15) is 70.8 Å². The van der Waals surface area contributed by atoms with Crippen LogP contribution >= 0.6 is 15.6 Å². The number of aliphatic imine (C=N–C) groups is 4. The molecule has 0 bridgehead atoms. The second-order valence-corrected chi connectivity index (χ2v) is 20.6. The van der Waals surface area contributed by atoms with E-state index in [1.54, 1.807) is 102 Å². The van der Waals surface area contributed by atoms with Gasteiger partial charge in [-0.15, -0.1) is 0 Å². The molecule has 0 unspecified atom stereocenters. The van der Waals surface area contributed by atoms with Crippen molar-refractivity contribution in [2.75, 3.05) is 28.4 Å². The predicted octanol–water partition coefficient (Wildman–Crippen LogP) is 10.8. The molecule has 4 aromatic rings. The van der Waals surface area contributed by atoms with Crippen LogP contribution in [0.2, 0.25) is 0 Å². The van der Waals surface area contributed by atoms with Crippen LogP contribution in [0.5, 0.6) is 46.0 Å². The van der Waals surface area contributed by atoms with Gasteiger partial charge in [0.1, 0.15) is 23.0 Å². The fourth-order valence-electron chi connectivity index (χ4n) is 4.57. The maximum atomic E-state index is 12.0.